The lowest BCUT2D eigenvalue weighted by molar-refractivity contribution is -0.138. The number of carbonyl (C=O) groups excluding carboxylic acids is 1. The maximum Gasteiger partial charge on any atom is 0.325 e. The first-order valence-electron chi connectivity index (χ1n) is 4.87. The molecule has 0 spiro atoms. The Labute approximate surface area is 110 Å². The molecular formula is C11H14N2O2S2. The van der Waals surface area contributed by atoms with Crippen molar-refractivity contribution in [3.8, 4) is 0 Å². The van der Waals surface area contributed by atoms with Crippen molar-refractivity contribution in [2.24, 2.45) is 5.73 Å². The monoisotopic (exact) mass is 270 g/mol. The van der Waals surface area contributed by atoms with Gasteiger partial charge in [0.15, 0.2) is 0 Å². The topological polar surface area (TPSA) is 64.3 Å². The van der Waals surface area contributed by atoms with Gasteiger partial charge >= 0.3 is 5.97 Å². The van der Waals surface area contributed by atoms with Crippen LogP contribution < -0.4 is 11.1 Å². The number of methoxy groups -OCH3 is 1. The Kier molecular flexibility index (Phi) is 5.24. The summed E-state index contributed by atoms with van der Waals surface area (Å²) in [4.78, 5) is 12.4. The van der Waals surface area contributed by atoms with E-state index in [1.807, 2.05) is 24.5 Å². The summed E-state index contributed by atoms with van der Waals surface area (Å²) in [7, 11) is 1.34. The zero-order chi connectivity index (χ0) is 12.8. The minimum atomic E-state index is -0.339. The van der Waals surface area contributed by atoms with E-state index in [1.54, 1.807) is 11.8 Å². The summed E-state index contributed by atoms with van der Waals surface area (Å²) in [5, 5.41) is 2.96. The van der Waals surface area contributed by atoms with Gasteiger partial charge in [-0.15, -0.1) is 11.8 Å². The number of hydrogen-bond acceptors (Lipinski definition) is 5. The highest BCUT2D eigenvalue weighted by atomic mass is 32.2. The molecule has 0 aromatic heterocycles. The number of nitrogens with two attached hydrogens (primary N) is 1. The van der Waals surface area contributed by atoms with E-state index in [0.29, 0.717) is 4.99 Å². The smallest absolute Gasteiger partial charge is 0.325 e. The third-order valence-electron chi connectivity index (χ3n) is 2.14. The van der Waals surface area contributed by atoms with Crippen LogP contribution >= 0.6 is 24.0 Å². The number of ether oxygens (including phenoxy) is 1. The number of anilines is 1. The minimum Gasteiger partial charge on any atom is -0.468 e. The van der Waals surface area contributed by atoms with Crippen LogP contribution in [0.15, 0.2) is 23.1 Å². The molecule has 0 bridgehead atoms. The number of hydrogen-bond donors (Lipinski definition) is 2. The Bertz CT molecular complexity index is 435. The van der Waals surface area contributed by atoms with Crippen LogP contribution in [0.25, 0.3) is 0 Å². The molecule has 4 nitrogen and oxygen atoms in total. The van der Waals surface area contributed by atoms with Crippen molar-refractivity contribution in [1.29, 1.82) is 0 Å². The molecule has 0 aliphatic rings. The summed E-state index contributed by atoms with van der Waals surface area (Å²) in [6.07, 6.45) is 1.95. The molecule has 0 saturated heterocycles. The zero-order valence-corrected chi connectivity index (χ0v) is 11.3. The average Bonchev–Trinajstić information content (AvgIpc) is 2.34. The number of rotatable bonds is 5. The average molecular weight is 270 g/mol. The molecule has 6 heteroatoms. The Morgan fingerprint density at radius 3 is 2.82 bits per heavy atom. The molecule has 0 unspecified atom stereocenters. The van der Waals surface area contributed by atoms with Gasteiger partial charge < -0.3 is 15.8 Å². The Morgan fingerprint density at radius 1 is 1.59 bits per heavy atom. The van der Waals surface area contributed by atoms with Crippen molar-refractivity contribution in [2.75, 3.05) is 25.2 Å². The first kappa shape index (κ1) is 13.8. The van der Waals surface area contributed by atoms with Gasteiger partial charge in [0.1, 0.15) is 11.5 Å². The highest BCUT2D eigenvalue weighted by Crippen LogP contribution is 2.26. The first-order valence-corrected chi connectivity index (χ1v) is 6.51. The second kappa shape index (κ2) is 6.46. The lowest BCUT2D eigenvalue weighted by Crippen LogP contribution is -2.19. The van der Waals surface area contributed by atoms with Gasteiger partial charge in [0.2, 0.25) is 0 Å². The molecule has 1 rings (SSSR count). The van der Waals surface area contributed by atoms with Crippen LogP contribution in [-0.4, -0.2) is 30.9 Å². The van der Waals surface area contributed by atoms with E-state index in [9.17, 15) is 4.79 Å². The fraction of sp³-hybridized carbons (Fsp3) is 0.273. The molecule has 0 amide bonds. The predicted octanol–water partition coefficient (Wildman–Crippen LogP) is 1.63. The fourth-order valence-corrected chi connectivity index (χ4v) is 2.27. The van der Waals surface area contributed by atoms with Crippen LogP contribution in [0, 0.1) is 0 Å². The Hall–Kier alpha value is -1.27. The predicted molar refractivity (Wildman–Crippen MR) is 74.6 cm³/mol. The molecule has 3 N–H and O–H groups in total. The highest BCUT2D eigenvalue weighted by molar-refractivity contribution is 7.98. The maximum atomic E-state index is 11.1. The van der Waals surface area contributed by atoms with E-state index < -0.39 is 0 Å². The third kappa shape index (κ3) is 3.61. The number of nitrogens with one attached hydrogen (secondary N) is 1. The number of thioether (sulfide) groups is 1. The second-order valence-electron chi connectivity index (χ2n) is 3.18. The standard InChI is InChI=1S/C11H14N2O2S2/c1-15-9(14)6-13-7-4-3-5-8(17-2)10(7)11(12)16/h3-5,13H,6H2,1-2H3,(H2,12,16). The first-order chi connectivity index (χ1) is 8.10. The normalized spacial score (nSPS) is 9.76. The SMILES string of the molecule is COC(=O)CNc1cccc(SC)c1C(N)=S. The minimum absolute atomic E-state index is 0.0872. The van der Waals surface area contributed by atoms with Gasteiger partial charge in [-0.3, -0.25) is 4.79 Å². The van der Waals surface area contributed by atoms with E-state index in [-0.39, 0.29) is 12.5 Å². The van der Waals surface area contributed by atoms with Crippen LogP contribution in [0.2, 0.25) is 0 Å². The van der Waals surface area contributed by atoms with Crippen molar-refractivity contribution < 1.29 is 9.53 Å². The van der Waals surface area contributed by atoms with E-state index in [4.69, 9.17) is 18.0 Å². The molecule has 0 aliphatic heterocycles. The van der Waals surface area contributed by atoms with Crippen molar-refractivity contribution in [3.05, 3.63) is 23.8 Å². The van der Waals surface area contributed by atoms with Crippen LogP contribution in [0.1, 0.15) is 5.56 Å². The van der Waals surface area contributed by atoms with E-state index in [1.165, 1.54) is 7.11 Å². The van der Waals surface area contributed by atoms with Gasteiger partial charge in [-0.2, -0.15) is 0 Å². The molecule has 0 heterocycles. The molecular weight excluding hydrogens is 256 g/mol. The highest BCUT2D eigenvalue weighted by Gasteiger charge is 2.11. The summed E-state index contributed by atoms with van der Waals surface area (Å²) < 4.78 is 4.56. The summed E-state index contributed by atoms with van der Waals surface area (Å²) in [6, 6.07) is 5.65. The van der Waals surface area contributed by atoms with Crippen molar-refractivity contribution in [2.45, 2.75) is 4.90 Å². The molecule has 0 saturated carbocycles. The zero-order valence-electron chi connectivity index (χ0n) is 9.65. The van der Waals surface area contributed by atoms with Crippen molar-refractivity contribution in [1.82, 2.24) is 0 Å². The molecule has 0 aliphatic carbocycles. The number of carbonyl (C=O) groups is 1. The Balaban J connectivity index is 2.98. The molecule has 92 valence electrons. The van der Waals surface area contributed by atoms with Crippen molar-refractivity contribution in [3.63, 3.8) is 0 Å². The van der Waals surface area contributed by atoms with Gasteiger partial charge in [-0.1, -0.05) is 18.3 Å². The second-order valence-corrected chi connectivity index (χ2v) is 4.46. The molecule has 17 heavy (non-hydrogen) atoms. The molecule has 0 radical (unpaired) electrons. The van der Waals surface area contributed by atoms with Crippen LogP contribution in [0.5, 0.6) is 0 Å². The van der Waals surface area contributed by atoms with Gasteiger partial charge in [-0.05, 0) is 18.4 Å². The summed E-state index contributed by atoms with van der Waals surface area (Å²) in [5.41, 5.74) is 7.20. The molecule has 1 aromatic carbocycles. The van der Waals surface area contributed by atoms with Crippen LogP contribution in [-0.2, 0) is 9.53 Å². The van der Waals surface area contributed by atoms with Crippen molar-refractivity contribution >= 4 is 40.6 Å². The summed E-state index contributed by atoms with van der Waals surface area (Å²) in [5.74, 6) is -0.339. The van der Waals surface area contributed by atoms with Gasteiger partial charge in [-0.25, -0.2) is 0 Å². The van der Waals surface area contributed by atoms with Crippen LogP contribution in [0.3, 0.4) is 0 Å². The van der Waals surface area contributed by atoms with Crippen LogP contribution in [0.4, 0.5) is 5.69 Å². The maximum absolute atomic E-state index is 11.1. The number of thiocarbonyl (C=S) groups is 1. The summed E-state index contributed by atoms with van der Waals surface area (Å²) in [6.45, 7) is 0.0872. The lowest BCUT2D eigenvalue weighted by atomic mass is 10.1. The molecule has 1 aromatic rings. The van der Waals surface area contributed by atoms with Gasteiger partial charge in [0, 0.05) is 16.1 Å². The van der Waals surface area contributed by atoms with Gasteiger partial charge in [0.25, 0.3) is 0 Å². The lowest BCUT2D eigenvalue weighted by Gasteiger charge is -2.13. The molecule has 0 atom stereocenters. The largest absolute Gasteiger partial charge is 0.468 e. The van der Waals surface area contributed by atoms with E-state index in [2.05, 4.69) is 10.1 Å². The number of benzene rings is 1. The molecule has 0 fully saturated rings. The van der Waals surface area contributed by atoms with E-state index >= 15 is 0 Å². The number of esters is 1. The fourth-order valence-electron chi connectivity index (χ4n) is 1.34. The summed E-state index contributed by atoms with van der Waals surface area (Å²) >= 11 is 6.57. The third-order valence-corrected chi connectivity index (χ3v) is 3.13. The quantitative estimate of drug-likeness (QED) is 0.482. The Morgan fingerprint density at radius 2 is 2.29 bits per heavy atom. The van der Waals surface area contributed by atoms with E-state index in [0.717, 1.165) is 16.1 Å². The van der Waals surface area contributed by atoms with Gasteiger partial charge in [0.05, 0.1) is 7.11 Å².